The first-order chi connectivity index (χ1) is 26.8. The van der Waals surface area contributed by atoms with Gasteiger partial charge < -0.3 is 14.5 Å². The Hall–Kier alpha value is -5.55. The molecule has 57 heavy (non-hydrogen) atoms. The number of pyridine rings is 1. The summed E-state index contributed by atoms with van der Waals surface area (Å²) in [4.78, 5) is 9.79. The fourth-order valence-electron chi connectivity index (χ4n) is 7.95. The van der Waals surface area contributed by atoms with Crippen molar-refractivity contribution in [2.24, 2.45) is 0 Å². The van der Waals surface area contributed by atoms with Crippen molar-refractivity contribution in [2.45, 2.75) is 105 Å². The van der Waals surface area contributed by atoms with Crippen LogP contribution in [0.3, 0.4) is 0 Å². The van der Waals surface area contributed by atoms with E-state index in [4.69, 9.17) is 9.72 Å². The van der Waals surface area contributed by atoms with E-state index in [9.17, 15) is 0 Å². The van der Waals surface area contributed by atoms with E-state index in [0.717, 1.165) is 34.0 Å². The number of rotatable bonds is 5. The zero-order valence-corrected chi connectivity index (χ0v) is 36.0. The van der Waals surface area contributed by atoms with Gasteiger partial charge in [-0.2, -0.15) is 0 Å². The Morgan fingerprint density at radius 2 is 1.04 bits per heavy atom. The summed E-state index contributed by atoms with van der Waals surface area (Å²) in [5, 5.41) is 2.40. The van der Waals surface area contributed by atoms with E-state index >= 15 is 0 Å². The van der Waals surface area contributed by atoms with Gasteiger partial charge >= 0.3 is 0 Å². The summed E-state index contributed by atoms with van der Waals surface area (Å²) in [6.07, 6.45) is 1.94. The van der Waals surface area contributed by atoms with E-state index in [1.165, 1.54) is 50.1 Å². The number of anilines is 4. The molecule has 5 nitrogen and oxygen atoms in total. The maximum Gasteiger partial charge on any atom is 0.137 e. The highest BCUT2D eigenvalue weighted by Crippen LogP contribution is 2.47. The molecular weight excluding hydrogens is 697 g/mol. The molecule has 0 unspecified atom stereocenters. The lowest BCUT2D eigenvalue weighted by atomic mass is 9.86. The largest absolute Gasteiger partial charge is 0.457 e. The van der Waals surface area contributed by atoms with Crippen LogP contribution in [0.2, 0.25) is 0 Å². The topological polar surface area (TPSA) is 33.5 Å². The summed E-state index contributed by atoms with van der Waals surface area (Å²) in [6, 6.07) is 42.2. The SMILES string of the molecule is CC(C)(C)c1cccc(N2CN(c3cccc(Oc4ccc5c6cc(C(C)(C)C)ccc6n(-c6cc(C(C)(C)C)ccn6)c5c4)c3)c3ccc(C(C)(C)C)cc32)c1. The van der Waals surface area contributed by atoms with Crippen molar-refractivity contribution < 1.29 is 4.74 Å². The van der Waals surface area contributed by atoms with Gasteiger partial charge in [-0.05, 0) is 117 Å². The molecule has 0 radical (unpaired) electrons. The second kappa shape index (κ2) is 13.5. The molecule has 3 heterocycles. The molecule has 2 aromatic heterocycles. The van der Waals surface area contributed by atoms with Crippen LogP contribution in [0.25, 0.3) is 27.6 Å². The normalized spacial score (nSPS) is 13.8. The summed E-state index contributed by atoms with van der Waals surface area (Å²) in [5.41, 5.74) is 12.2. The van der Waals surface area contributed by atoms with E-state index in [1.54, 1.807) is 0 Å². The number of benzene rings is 5. The maximum atomic E-state index is 6.77. The van der Waals surface area contributed by atoms with Crippen molar-refractivity contribution in [1.29, 1.82) is 0 Å². The molecule has 0 amide bonds. The molecule has 1 aliphatic heterocycles. The molecule has 0 aliphatic carbocycles. The molecule has 0 N–H and O–H groups in total. The second-order valence-electron chi connectivity index (χ2n) is 20.0. The third kappa shape index (κ3) is 7.29. The van der Waals surface area contributed by atoms with Crippen molar-refractivity contribution in [3.8, 4) is 17.3 Å². The summed E-state index contributed by atoms with van der Waals surface area (Å²) in [5.74, 6) is 2.48. The Kier molecular flexibility index (Phi) is 9.11. The standard InChI is InChI=1S/C52H58N4O/c1-49(2,3)34-15-13-16-38(27-34)55-33-54(45-24-20-36(29-47(45)55)51(7,8)9)39-17-14-18-40(31-39)57-41-21-22-42-43-28-35(50(4,5)6)19-23-44(43)56(46(42)32-41)48-30-37(25-26-53-48)52(10,11)12/h13-32H,33H2,1-12H3. The third-order valence-electron chi connectivity index (χ3n) is 11.5. The van der Waals surface area contributed by atoms with Crippen molar-refractivity contribution in [3.63, 3.8) is 0 Å². The Morgan fingerprint density at radius 3 is 1.74 bits per heavy atom. The Balaban J connectivity index is 1.19. The monoisotopic (exact) mass is 754 g/mol. The fraction of sp³-hybridized carbons (Fsp3) is 0.327. The summed E-state index contributed by atoms with van der Waals surface area (Å²) >= 11 is 0. The van der Waals surface area contributed by atoms with Crippen LogP contribution in [0.4, 0.5) is 22.7 Å². The van der Waals surface area contributed by atoms with Gasteiger partial charge in [-0.3, -0.25) is 4.57 Å². The van der Waals surface area contributed by atoms with Gasteiger partial charge in [0.05, 0.1) is 22.4 Å². The first kappa shape index (κ1) is 38.3. The van der Waals surface area contributed by atoms with Gasteiger partial charge in [0.1, 0.15) is 24.0 Å². The Bertz CT molecular complexity index is 2640. The quantitative estimate of drug-likeness (QED) is 0.175. The minimum absolute atomic E-state index is 0.00658. The number of hydrogen-bond donors (Lipinski definition) is 0. The zero-order chi connectivity index (χ0) is 40.7. The summed E-state index contributed by atoms with van der Waals surface area (Å²) in [7, 11) is 0. The van der Waals surface area contributed by atoms with Crippen molar-refractivity contribution in [2.75, 3.05) is 16.5 Å². The predicted octanol–water partition coefficient (Wildman–Crippen LogP) is 14.4. The molecule has 292 valence electrons. The molecule has 0 bridgehead atoms. The molecule has 1 aliphatic rings. The minimum Gasteiger partial charge on any atom is -0.457 e. The van der Waals surface area contributed by atoms with Crippen LogP contribution in [0.1, 0.15) is 105 Å². The number of fused-ring (bicyclic) bond motifs is 4. The van der Waals surface area contributed by atoms with Gasteiger partial charge in [-0.1, -0.05) is 113 Å². The molecule has 7 aromatic rings. The average molecular weight is 755 g/mol. The van der Waals surface area contributed by atoms with Crippen LogP contribution in [0.5, 0.6) is 11.5 Å². The van der Waals surface area contributed by atoms with Crippen LogP contribution in [-0.2, 0) is 21.7 Å². The molecule has 0 saturated heterocycles. The smallest absolute Gasteiger partial charge is 0.137 e. The average Bonchev–Trinajstić information content (AvgIpc) is 3.69. The van der Waals surface area contributed by atoms with E-state index in [-0.39, 0.29) is 21.7 Å². The lowest BCUT2D eigenvalue weighted by Crippen LogP contribution is -2.24. The van der Waals surface area contributed by atoms with Crippen LogP contribution in [0, 0.1) is 0 Å². The number of nitrogens with zero attached hydrogens (tertiary/aromatic N) is 4. The van der Waals surface area contributed by atoms with E-state index in [1.807, 2.05) is 6.20 Å². The van der Waals surface area contributed by atoms with Crippen LogP contribution in [0.15, 0.2) is 121 Å². The fourth-order valence-corrected chi connectivity index (χ4v) is 7.95. The van der Waals surface area contributed by atoms with Gasteiger partial charge in [0.2, 0.25) is 0 Å². The second-order valence-corrected chi connectivity index (χ2v) is 20.0. The lowest BCUT2D eigenvalue weighted by Gasteiger charge is -2.26. The first-order valence-corrected chi connectivity index (χ1v) is 20.4. The van der Waals surface area contributed by atoms with Crippen LogP contribution < -0.4 is 14.5 Å². The van der Waals surface area contributed by atoms with Crippen LogP contribution in [-0.4, -0.2) is 16.2 Å². The van der Waals surface area contributed by atoms with Gasteiger partial charge in [0, 0.05) is 40.5 Å². The van der Waals surface area contributed by atoms with Crippen molar-refractivity contribution in [1.82, 2.24) is 9.55 Å². The van der Waals surface area contributed by atoms with Crippen molar-refractivity contribution in [3.05, 3.63) is 144 Å². The van der Waals surface area contributed by atoms with Gasteiger partial charge in [-0.15, -0.1) is 0 Å². The number of ether oxygens (including phenoxy) is 1. The highest BCUT2D eigenvalue weighted by Gasteiger charge is 2.31. The van der Waals surface area contributed by atoms with Crippen molar-refractivity contribution >= 4 is 44.6 Å². The third-order valence-corrected chi connectivity index (χ3v) is 11.5. The lowest BCUT2D eigenvalue weighted by molar-refractivity contribution is 0.483. The first-order valence-electron chi connectivity index (χ1n) is 20.4. The number of hydrogen-bond acceptors (Lipinski definition) is 4. The van der Waals surface area contributed by atoms with Gasteiger partial charge in [0.15, 0.2) is 0 Å². The van der Waals surface area contributed by atoms with Gasteiger partial charge in [-0.25, -0.2) is 4.98 Å². The molecule has 5 aromatic carbocycles. The minimum atomic E-state index is -0.00658. The molecule has 5 heteroatoms. The maximum absolute atomic E-state index is 6.77. The van der Waals surface area contributed by atoms with Crippen LogP contribution >= 0.6 is 0 Å². The zero-order valence-electron chi connectivity index (χ0n) is 36.0. The highest BCUT2D eigenvalue weighted by molar-refractivity contribution is 6.09. The van der Waals surface area contributed by atoms with E-state index < -0.39 is 0 Å². The highest BCUT2D eigenvalue weighted by atomic mass is 16.5. The summed E-state index contributed by atoms with van der Waals surface area (Å²) in [6.45, 7) is 27.9. The van der Waals surface area contributed by atoms with Gasteiger partial charge in [0.25, 0.3) is 0 Å². The molecule has 8 rings (SSSR count). The summed E-state index contributed by atoms with van der Waals surface area (Å²) < 4.78 is 9.07. The molecule has 0 atom stereocenters. The molecule has 0 fully saturated rings. The predicted molar refractivity (Wildman–Crippen MR) is 242 cm³/mol. The molecule has 0 saturated carbocycles. The van der Waals surface area contributed by atoms with E-state index in [2.05, 4.69) is 213 Å². The molecule has 0 spiro atoms. The van der Waals surface area contributed by atoms with E-state index in [0.29, 0.717) is 6.67 Å². The molecular formula is C52H58N4O. The Morgan fingerprint density at radius 1 is 0.456 bits per heavy atom. The Labute approximate surface area is 339 Å². The number of aromatic nitrogens is 2.